The van der Waals surface area contributed by atoms with Gasteiger partial charge in [-0.1, -0.05) is 0 Å². The molecule has 1 aliphatic heterocycles. The number of rotatable bonds is 0. The van der Waals surface area contributed by atoms with Crippen LogP contribution in [-0.4, -0.2) is 56.6 Å². The Kier molecular flexibility index (Phi) is 3.77. The molecular formula is C4H6CaO3. The summed E-state index contributed by atoms with van der Waals surface area (Å²) in [5, 5.41) is 0. The Bertz CT molecular complexity index is 93.3. The summed E-state index contributed by atoms with van der Waals surface area (Å²) in [5.41, 5.74) is 0. The van der Waals surface area contributed by atoms with Gasteiger partial charge in [0.1, 0.15) is 12.7 Å². The number of carbonyl (C=O) groups is 1. The van der Waals surface area contributed by atoms with Crippen molar-refractivity contribution in [2.24, 2.45) is 0 Å². The van der Waals surface area contributed by atoms with E-state index in [9.17, 15) is 4.79 Å². The molecule has 1 fully saturated rings. The van der Waals surface area contributed by atoms with Gasteiger partial charge in [-0.25, -0.2) is 4.79 Å². The average Bonchev–Trinajstić information content (AvgIpc) is 1.87. The van der Waals surface area contributed by atoms with Crippen molar-refractivity contribution in [3.05, 3.63) is 0 Å². The quantitative estimate of drug-likeness (QED) is 0.357. The number of cyclic esters (lactones) is 2. The first-order valence-corrected chi connectivity index (χ1v) is 2.12. The maximum Gasteiger partial charge on any atom is 0.508 e. The molecule has 1 saturated heterocycles. The first kappa shape index (κ1) is 8.53. The van der Waals surface area contributed by atoms with E-state index >= 15 is 0 Å². The van der Waals surface area contributed by atoms with Crippen LogP contribution >= 0.6 is 0 Å². The van der Waals surface area contributed by atoms with E-state index in [2.05, 4.69) is 9.47 Å². The zero-order valence-corrected chi connectivity index (χ0v) is 6.92. The third-order valence-electron chi connectivity index (χ3n) is 0.733. The summed E-state index contributed by atoms with van der Waals surface area (Å²) >= 11 is 0. The first-order valence-electron chi connectivity index (χ1n) is 2.12. The number of hydrogen-bond donors (Lipinski definition) is 0. The van der Waals surface area contributed by atoms with E-state index in [0.717, 1.165) is 0 Å². The van der Waals surface area contributed by atoms with Crippen LogP contribution in [-0.2, 0) is 9.47 Å². The SMILES string of the molecule is CC1COC(=O)O1.[Ca]. The summed E-state index contributed by atoms with van der Waals surface area (Å²) in [4.78, 5) is 10.0. The molecule has 0 aromatic carbocycles. The fraction of sp³-hybridized carbons (Fsp3) is 0.750. The maximum atomic E-state index is 10.0. The van der Waals surface area contributed by atoms with Crippen LogP contribution in [0.2, 0.25) is 0 Å². The van der Waals surface area contributed by atoms with Crippen molar-refractivity contribution >= 4 is 43.9 Å². The van der Waals surface area contributed by atoms with Crippen LogP contribution in [0.4, 0.5) is 4.79 Å². The van der Waals surface area contributed by atoms with Gasteiger partial charge in [0.05, 0.1) is 0 Å². The summed E-state index contributed by atoms with van der Waals surface area (Å²) in [6, 6.07) is 0. The molecule has 0 aliphatic carbocycles. The van der Waals surface area contributed by atoms with E-state index in [1.165, 1.54) is 0 Å². The zero-order valence-electron chi connectivity index (χ0n) is 4.72. The van der Waals surface area contributed by atoms with Crippen molar-refractivity contribution in [1.82, 2.24) is 0 Å². The van der Waals surface area contributed by atoms with Crippen LogP contribution in [0.5, 0.6) is 0 Å². The van der Waals surface area contributed by atoms with Gasteiger partial charge >= 0.3 is 6.16 Å². The van der Waals surface area contributed by atoms with Crippen LogP contribution < -0.4 is 0 Å². The Morgan fingerprint density at radius 1 is 1.75 bits per heavy atom. The van der Waals surface area contributed by atoms with Crippen molar-refractivity contribution in [2.75, 3.05) is 6.61 Å². The van der Waals surface area contributed by atoms with Crippen molar-refractivity contribution < 1.29 is 14.3 Å². The molecule has 8 heavy (non-hydrogen) atoms. The second-order valence-corrected chi connectivity index (χ2v) is 1.49. The fourth-order valence-corrected chi connectivity index (χ4v) is 0.418. The van der Waals surface area contributed by atoms with Gasteiger partial charge in [-0.2, -0.15) is 0 Å². The molecule has 4 heteroatoms. The molecule has 3 nitrogen and oxygen atoms in total. The predicted molar refractivity (Wildman–Crippen MR) is 27.6 cm³/mol. The van der Waals surface area contributed by atoms with Gasteiger partial charge in [-0.15, -0.1) is 0 Å². The molecule has 1 rings (SSSR count). The maximum absolute atomic E-state index is 10.0. The molecule has 0 aromatic rings. The van der Waals surface area contributed by atoms with Crippen LogP contribution in [0, 0.1) is 0 Å². The number of hydrogen-bond acceptors (Lipinski definition) is 3. The summed E-state index contributed by atoms with van der Waals surface area (Å²) in [5.74, 6) is 0. The van der Waals surface area contributed by atoms with E-state index in [1.807, 2.05) is 0 Å². The molecule has 0 saturated carbocycles. The van der Waals surface area contributed by atoms with Gasteiger partial charge in [0.2, 0.25) is 0 Å². The third kappa shape index (κ3) is 2.20. The van der Waals surface area contributed by atoms with Gasteiger partial charge in [-0.3, -0.25) is 0 Å². The standard InChI is InChI=1S/C4H6O3.Ca/c1-3-2-6-4(5)7-3;/h3H,2H2,1H3;. The van der Waals surface area contributed by atoms with Gasteiger partial charge in [-0.05, 0) is 6.92 Å². The van der Waals surface area contributed by atoms with Crippen LogP contribution in [0.15, 0.2) is 0 Å². The third-order valence-corrected chi connectivity index (χ3v) is 0.733. The Hall–Kier alpha value is 0.530. The van der Waals surface area contributed by atoms with E-state index < -0.39 is 6.16 Å². The molecule has 0 aromatic heterocycles. The van der Waals surface area contributed by atoms with E-state index in [4.69, 9.17) is 0 Å². The average molecular weight is 142 g/mol. The minimum Gasteiger partial charge on any atom is -0.430 e. The summed E-state index contributed by atoms with van der Waals surface area (Å²) in [7, 11) is 0. The normalized spacial score (nSPS) is 25.6. The molecular weight excluding hydrogens is 136 g/mol. The molecule has 0 spiro atoms. The molecule has 42 valence electrons. The van der Waals surface area contributed by atoms with Gasteiger partial charge in [0.15, 0.2) is 0 Å². The molecule has 0 N–H and O–H groups in total. The van der Waals surface area contributed by atoms with Gasteiger partial charge < -0.3 is 9.47 Å². The van der Waals surface area contributed by atoms with Crippen molar-refractivity contribution in [2.45, 2.75) is 13.0 Å². The van der Waals surface area contributed by atoms with Crippen LogP contribution in [0.1, 0.15) is 6.92 Å². The second-order valence-electron chi connectivity index (χ2n) is 1.49. The first-order chi connectivity index (χ1) is 3.29. The Morgan fingerprint density at radius 3 is 2.50 bits per heavy atom. The summed E-state index contributed by atoms with van der Waals surface area (Å²) < 4.78 is 8.90. The minimum absolute atomic E-state index is 0. The minimum atomic E-state index is -0.549. The van der Waals surface area contributed by atoms with Gasteiger partial charge in [0, 0.05) is 37.7 Å². The summed E-state index contributed by atoms with van der Waals surface area (Å²) in [6.07, 6.45) is -0.597. The van der Waals surface area contributed by atoms with Crippen molar-refractivity contribution in [3.8, 4) is 0 Å². The Morgan fingerprint density at radius 2 is 2.38 bits per heavy atom. The predicted octanol–water partition coefficient (Wildman–Crippen LogP) is 0.161. The zero-order chi connectivity index (χ0) is 5.28. The molecule has 1 aliphatic rings. The largest absolute Gasteiger partial charge is 0.508 e. The molecule has 1 atom stereocenters. The second kappa shape index (κ2) is 3.54. The number of ether oxygens (including phenoxy) is 2. The summed E-state index contributed by atoms with van der Waals surface area (Å²) in [6.45, 7) is 2.18. The Labute approximate surface area is 77.3 Å². The topological polar surface area (TPSA) is 35.5 Å². The Balaban J connectivity index is 0.000000490. The fourth-order valence-electron chi connectivity index (χ4n) is 0.418. The van der Waals surface area contributed by atoms with E-state index in [-0.39, 0.29) is 43.8 Å². The van der Waals surface area contributed by atoms with Crippen molar-refractivity contribution in [3.63, 3.8) is 0 Å². The number of carbonyl (C=O) groups excluding carboxylic acids is 1. The smallest absolute Gasteiger partial charge is 0.430 e. The van der Waals surface area contributed by atoms with Crippen LogP contribution in [0.25, 0.3) is 0 Å². The monoisotopic (exact) mass is 142 g/mol. The van der Waals surface area contributed by atoms with E-state index in [1.54, 1.807) is 6.92 Å². The van der Waals surface area contributed by atoms with Crippen LogP contribution in [0.3, 0.4) is 0 Å². The van der Waals surface area contributed by atoms with Gasteiger partial charge in [0.25, 0.3) is 0 Å². The van der Waals surface area contributed by atoms with Crippen molar-refractivity contribution in [1.29, 1.82) is 0 Å². The molecule has 1 heterocycles. The van der Waals surface area contributed by atoms with E-state index in [0.29, 0.717) is 6.61 Å². The molecule has 0 amide bonds. The molecule has 1 unspecified atom stereocenters. The molecule has 0 bridgehead atoms. The molecule has 2 radical (unpaired) electrons.